The molecule has 126 valence electrons. The molecular weight excluding hydrogens is 309 g/mol. The van der Waals surface area contributed by atoms with E-state index in [4.69, 9.17) is 4.42 Å². The number of carbonyl (C=O) groups is 1. The fourth-order valence-corrected chi connectivity index (χ4v) is 3.94. The van der Waals surface area contributed by atoms with Gasteiger partial charge in [-0.3, -0.25) is 9.69 Å². The van der Waals surface area contributed by atoms with Crippen molar-refractivity contribution in [2.24, 2.45) is 5.92 Å². The Morgan fingerprint density at radius 1 is 1.33 bits per heavy atom. The number of hydrogen-bond acceptors (Lipinski definition) is 4. The zero-order chi connectivity index (χ0) is 16.7. The fraction of sp³-hybridized carbons (Fsp3) is 0.444. The van der Waals surface area contributed by atoms with Crippen LogP contribution in [0.1, 0.15) is 30.3 Å². The minimum atomic E-state index is -0.607. The standard InChI is InChI=1S/C18H20FN3O2/c1-11-16(12-6-9-22(11)10-7-12)21-18(23)15-5-4-14(24-15)13-3-2-8-20-17(13)19/h2-5,8,11-12,16H,6-7,9-10H2,1H3,(H,21,23). The third-order valence-corrected chi connectivity index (χ3v) is 5.33. The van der Waals surface area contributed by atoms with Gasteiger partial charge in [0.25, 0.3) is 5.91 Å². The number of furan rings is 1. The van der Waals surface area contributed by atoms with E-state index in [9.17, 15) is 9.18 Å². The Balaban J connectivity index is 1.51. The second-order valence-corrected chi connectivity index (χ2v) is 6.62. The van der Waals surface area contributed by atoms with Gasteiger partial charge >= 0.3 is 0 Å². The van der Waals surface area contributed by atoms with Crippen LogP contribution in [0.5, 0.6) is 0 Å². The molecule has 3 saturated heterocycles. The molecule has 6 heteroatoms. The van der Waals surface area contributed by atoms with Gasteiger partial charge in [-0.05, 0) is 63.0 Å². The zero-order valence-corrected chi connectivity index (χ0v) is 13.5. The molecule has 2 bridgehead atoms. The van der Waals surface area contributed by atoms with Gasteiger partial charge in [0.2, 0.25) is 5.95 Å². The van der Waals surface area contributed by atoms with Crippen molar-refractivity contribution < 1.29 is 13.6 Å². The second-order valence-electron chi connectivity index (χ2n) is 6.62. The minimum absolute atomic E-state index is 0.142. The van der Waals surface area contributed by atoms with E-state index in [1.54, 1.807) is 24.3 Å². The molecule has 3 fully saturated rings. The predicted molar refractivity (Wildman–Crippen MR) is 86.9 cm³/mol. The van der Waals surface area contributed by atoms with Gasteiger partial charge in [0.1, 0.15) is 5.76 Å². The molecular formula is C18H20FN3O2. The van der Waals surface area contributed by atoms with Crippen LogP contribution in [0.25, 0.3) is 11.3 Å². The average molecular weight is 329 g/mol. The first-order valence-electron chi connectivity index (χ1n) is 8.39. The number of rotatable bonds is 3. The number of nitrogens with one attached hydrogen (secondary N) is 1. The number of halogens is 1. The Labute approximate surface area is 139 Å². The lowest BCUT2D eigenvalue weighted by Gasteiger charge is -2.49. The number of carbonyl (C=O) groups excluding carboxylic acids is 1. The summed E-state index contributed by atoms with van der Waals surface area (Å²) < 4.78 is 19.3. The van der Waals surface area contributed by atoms with Crippen molar-refractivity contribution in [2.75, 3.05) is 13.1 Å². The molecule has 0 spiro atoms. The number of piperidine rings is 3. The third kappa shape index (κ3) is 2.60. The number of hydrogen-bond donors (Lipinski definition) is 1. The summed E-state index contributed by atoms with van der Waals surface area (Å²) in [5, 5.41) is 3.11. The van der Waals surface area contributed by atoms with E-state index in [1.165, 1.54) is 6.20 Å². The monoisotopic (exact) mass is 329 g/mol. The predicted octanol–water partition coefficient (Wildman–Crippen LogP) is 2.69. The minimum Gasteiger partial charge on any atom is -0.451 e. The summed E-state index contributed by atoms with van der Waals surface area (Å²) in [4.78, 5) is 18.6. The van der Waals surface area contributed by atoms with Crippen LogP contribution in [0.4, 0.5) is 4.39 Å². The van der Waals surface area contributed by atoms with Gasteiger partial charge in [-0.2, -0.15) is 4.39 Å². The van der Waals surface area contributed by atoms with E-state index in [0.717, 1.165) is 25.9 Å². The number of fused-ring (bicyclic) bond motifs is 3. The van der Waals surface area contributed by atoms with Crippen LogP contribution in [-0.2, 0) is 0 Å². The number of pyridine rings is 1. The van der Waals surface area contributed by atoms with Crippen LogP contribution in [-0.4, -0.2) is 41.0 Å². The van der Waals surface area contributed by atoms with Crippen LogP contribution in [0.15, 0.2) is 34.9 Å². The van der Waals surface area contributed by atoms with Crippen molar-refractivity contribution in [1.82, 2.24) is 15.2 Å². The van der Waals surface area contributed by atoms with Crippen molar-refractivity contribution in [2.45, 2.75) is 31.8 Å². The van der Waals surface area contributed by atoms with Crippen LogP contribution in [0.3, 0.4) is 0 Å². The molecule has 3 aliphatic rings. The van der Waals surface area contributed by atoms with Crippen molar-refractivity contribution >= 4 is 5.91 Å². The molecule has 0 aromatic carbocycles. The van der Waals surface area contributed by atoms with E-state index in [0.29, 0.717) is 17.7 Å². The van der Waals surface area contributed by atoms with Gasteiger partial charge < -0.3 is 9.73 Å². The molecule has 5 nitrogen and oxygen atoms in total. The summed E-state index contributed by atoms with van der Waals surface area (Å²) >= 11 is 0. The van der Waals surface area contributed by atoms with Crippen LogP contribution in [0, 0.1) is 11.9 Å². The molecule has 0 radical (unpaired) electrons. The molecule has 2 atom stereocenters. The quantitative estimate of drug-likeness (QED) is 0.880. The normalized spacial score (nSPS) is 28.8. The topological polar surface area (TPSA) is 58.4 Å². The first-order valence-corrected chi connectivity index (χ1v) is 8.39. The van der Waals surface area contributed by atoms with Crippen molar-refractivity contribution in [3.05, 3.63) is 42.2 Å². The summed E-state index contributed by atoms with van der Waals surface area (Å²) in [7, 11) is 0. The summed E-state index contributed by atoms with van der Waals surface area (Å²) in [5.74, 6) is 0.199. The van der Waals surface area contributed by atoms with Crippen molar-refractivity contribution in [3.63, 3.8) is 0 Å². The lowest BCUT2D eigenvalue weighted by Crippen LogP contribution is -2.62. The SMILES string of the molecule is CC1C(NC(=O)c2ccc(-c3cccnc3F)o2)C2CCN1CC2. The maximum atomic E-state index is 13.7. The molecule has 5 heterocycles. The highest BCUT2D eigenvalue weighted by Gasteiger charge is 2.40. The number of amides is 1. The van der Waals surface area contributed by atoms with E-state index in [-0.39, 0.29) is 23.3 Å². The Kier molecular flexibility index (Phi) is 3.84. The van der Waals surface area contributed by atoms with E-state index >= 15 is 0 Å². The molecule has 24 heavy (non-hydrogen) atoms. The summed E-state index contributed by atoms with van der Waals surface area (Å²) in [6.45, 7) is 4.39. The molecule has 2 unspecified atom stereocenters. The van der Waals surface area contributed by atoms with Crippen LogP contribution < -0.4 is 5.32 Å². The van der Waals surface area contributed by atoms with Crippen molar-refractivity contribution in [1.29, 1.82) is 0 Å². The lowest BCUT2D eigenvalue weighted by molar-refractivity contribution is 0.0211. The Morgan fingerprint density at radius 2 is 2.12 bits per heavy atom. The molecule has 2 aromatic heterocycles. The highest BCUT2D eigenvalue weighted by molar-refractivity contribution is 5.92. The summed E-state index contributed by atoms with van der Waals surface area (Å²) in [6.07, 6.45) is 3.63. The van der Waals surface area contributed by atoms with Gasteiger partial charge in [0, 0.05) is 18.3 Å². The molecule has 5 rings (SSSR count). The zero-order valence-electron chi connectivity index (χ0n) is 13.5. The second kappa shape index (κ2) is 6.02. The molecule has 2 aromatic rings. The first kappa shape index (κ1) is 15.3. The molecule has 1 N–H and O–H groups in total. The molecule has 1 amide bonds. The Morgan fingerprint density at radius 3 is 2.83 bits per heavy atom. The van der Waals surface area contributed by atoms with Gasteiger partial charge in [0.05, 0.1) is 5.56 Å². The molecule has 0 aliphatic carbocycles. The largest absolute Gasteiger partial charge is 0.451 e. The van der Waals surface area contributed by atoms with E-state index in [2.05, 4.69) is 22.1 Å². The van der Waals surface area contributed by atoms with Crippen LogP contribution in [0.2, 0.25) is 0 Å². The smallest absolute Gasteiger partial charge is 0.287 e. The highest BCUT2D eigenvalue weighted by atomic mass is 19.1. The van der Waals surface area contributed by atoms with Crippen molar-refractivity contribution in [3.8, 4) is 11.3 Å². The van der Waals surface area contributed by atoms with E-state index in [1.807, 2.05) is 0 Å². The average Bonchev–Trinajstić information content (AvgIpc) is 3.09. The number of nitrogens with zero attached hydrogens (tertiary/aromatic N) is 2. The number of aromatic nitrogens is 1. The maximum Gasteiger partial charge on any atom is 0.287 e. The van der Waals surface area contributed by atoms with E-state index < -0.39 is 5.95 Å². The third-order valence-electron chi connectivity index (χ3n) is 5.33. The fourth-order valence-electron chi connectivity index (χ4n) is 3.94. The first-order chi connectivity index (χ1) is 11.6. The van der Waals surface area contributed by atoms with Gasteiger partial charge in [-0.25, -0.2) is 4.98 Å². The lowest BCUT2D eigenvalue weighted by atomic mass is 9.79. The van der Waals surface area contributed by atoms with Gasteiger partial charge in [-0.15, -0.1) is 0 Å². The van der Waals surface area contributed by atoms with Crippen LogP contribution >= 0.6 is 0 Å². The van der Waals surface area contributed by atoms with Gasteiger partial charge in [-0.1, -0.05) is 0 Å². The Hall–Kier alpha value is -2.21. The highest BCUT2D eigenvalue weighted by Crippen LogP contribution is 2.32. The van der Waals surface area contributed by atoms with Gasteiger partial charge in [0.15, 0.2) is 5.76 Å². The maximum absolute atomic E-state index is 13.7. The summed E-state index contributed by atoms with van der Waals surface area (Å²) in [5.41, 5.74) is 0.257. The molecule has 0 saturated carbocycles. The summed E-state index contributed by atoms with van der Waals surface area (Å²) in [6, 6.07) is 6.89. The molecule has 3 aliphatic heterocycles. The Bertz CT molecular complexity index is 750.